The summed E-state index contributed by atoms with van der Waals surface area (Å²) in [5.41, 5.74) is 0. The SMILES string of the molecule is CC/C=C\C/C=C\C/C=C\C/C=C\CCC(=O)OC(COC(=O)CCCCCCC/C=C\CCCCC)COC(=O)CCCCCCCCCCCCCCCCCCCCCCC. The number of carbonyl (C=O) groups excluding carboxylic acids is 3. The van der Waals surface area contributed by atoms with E-state index in [1.54, 1.807) is 0 Å². The van der Waals surface area contributed by atoms with Crippen LogP contribution in [0.2, 0.25) is 0 Å². The minimum absolute atomic E-state index is 0.103. The molecule has 370 valence electrons. The molecular formula is C58H102O6. The van der Waals surface area contributed by atoms with Gasteiger partial charge in [0.25, 0.3) is 0 Å². The monoisotopic (exact) mass is 895 g/mol. The van der Waals surface area contributed by atoms with Gasteiger partial charge in [-0.1, -0.05) is 242 Å². The van der Waals surface area contributed by atoms with Crippen LogP contribution in [0.5, 0.6) is 0 Å². The number of ether oxygens (including phenoxy) is 3. The lowest BCUT2D eigenvalue weighted by Crippen LogP contribution is -2.30. The fourth-order valence-corrected chi connectivity index (χ4v) is 7.69. The highest BCUT2D eigenvalue weighted by molar-refractivity contribution is 5.71. The van der Waals surface area contributed by atoms with Crippen molar-refractivity contribution in [2.75, 3.05) is 13.2 Å². The highest BCUT2D eigenvalue weighted by Crippen LogP contribution is 2.16. The quantitative estimate of drug-likeness (QED) is 0.0262. The Balaban J connectivity index is 4.33. The highest BCUT2D eigenvalue weighted by Gasteiger charge is 2.19. The molecule has 0 aliphatic carbocycles. The maximum Gasteiger partial charge on any atom is 0.306 e. The molecule has 0 saturated carbocycles. The standard InChI is InChI=1S/C58H102O6/c1-4-7-10-13-16-19-22-25-26-27-28-29-30-31-32-34-36-39-42-45-48-51-57(60)63-54-55(53-62-56(59)50-47-44-41-38-35-24-21-18-15-12-9-6-3)64-58(61)52-49-46-43-40-37-33-23-20-17-14-11-8-5-2/h8,11,17-18,20-21,33,37,43,46,55H,4-7,9-10,12-16,19,22-32,34-36,38-42,44-45,47-54H2,1-3H3/b11-8-,20-17-,21-18-,37-33-,46-43-. The van der Waals surface area contributed by atoms with Crippen molar-refractivity contribution < 1.29 is 28.6 Å². The van der Waals surface area contributed by atoms with Crippen molar-refractivity contribution in [3.8, 4) is 0 Å². The van der Waals surface area contributed by atoms with Crippen LogP contribution in [-0.4, -0.2) is 37.2 Å². The van der Waals surface area contributed by atoms with E-state index in [9.17, 15) is 14.4 Å². The fraction of sp³-hybridized carbons (Fsp3) is 0.776. The molecule has 0 aromatic heterocycles. The Labute approximate surface area is 396 Å². The van der Waals surface area contributed by atoms with Gasteiger partial charge in [0.05, 0.1) is 0 Å². The summed E-state index contributed by atoms with van der Waals surface area (Å²) in [6.07, 6.45) is 65.2. The van der Waals surface area contributed by atoms with Gasteiger partial charge in [-0.25, -0.2) is 0 Å². The van der Waals surface area contributed by atoms with E-state index in [1.807, 2.05) is 12.2 Å². The van der Waals surface area contributed by atoms with Crippen LogP contribution in [0.15, 0.2) is 60.8 Å². The van der Waals surface area contributed by atoms with Gasteiger partial charge in [0.2, 0.25) is 0 Å². The maximum atomic E-state index is 12.7. The third-order valence-electron chi connectivity index (χ3n) is 11.8. The molecule has 1 unspecified atom stereocenters. The molecule has 0 aliphatic heterocycles. The summed E-state index contributed by atoms with van der Waals surface area (Å²) in [4.78, 5) is 37.9. The molecule has 0 N–H and O–H groups in total. The first-order chi connectivity index (χ1) is 31.5. The normalized spacial score (nSPS) is 12.5. The number of hydrogen-bond donors (Lipinski definition) is 0. The summed E-state index contributed by atoms with van der Waals surface area (Å²) < 4.78 is 16.7. The van der Waals surface area contributed by atoms with Gasteiger partial charge in [-0.2, -0.15) is 0 Å². The van der Waals surface area contributed by atoms with Gasteiger partial charge in [-0.05, 0) is 70.6 Å². The third-order valence-corrected chi connectivity index (χ3v) is 11.8. The van der Waals surface area contributed by atoms with Crippen LogP contribution in [0.3, 0.4) is 0 Å². The molecule has 64 heavy (non-hydrogen) atoms. The van der Waals surface area contributed by atoms with E-state index in [-0.39, 0.29) is 37.5 Å². The van der Waals surface area contributed by atoms with Crippen molar-refractivity contribution in [1.29, 1.82) is 0 Å². The Hall–Kier alpha value is -2.89. The van der Waals surface area contributed by atoms with E-state index in [0.29, 0.717) is 19.3 Å². The van der Waals surface area contributed by atoms with Crippen molar-refractivity contribution >= 4 is 17.9 Å². The minimum atomic E-state index is -0.812. The van der Waals surface area contributed by atoms with Crippen LogP contribution in [0, 0.1) is 0 Å². The van der Waals surface area contributed by atoms with Crippen LogP contribution in [-0.2, 0) is 28.6 Å². The van der Waals surface area contributed by atoms with Gasteiger partial charge < -0.3 is 14.2 Å². The molecule has 6 heteroatoms. The van der Waals surface area contributed by atoms with Crippen LogP contribution in [0.1, 0.15) is 271 Å². The molecule has 0 spiro atoms. The number of hydrogen-bond acceptors (Lipinski definition) is 6. The second-order valence-electron chi connectivity index (χ2n) is 18.1. The van der Waals surface area contributed by atoms with Gasteiger partial charge in [0.1, 0.15) is 13.2 Å². The van der Waals surface area contributed by atoms with Crippen molar-refractivity contribution in [3.05, 3.63) is 60.8 Å². The molecule has 0 amide bonds. The smallest absolute Gasteiger partial charge is 0.306 e. The van der Waals surface area contributed by atoms with Crippen LogP contribution >= 0.6 is 0 Å². The van der Waals surface area contributed by atoms with Crippen molar-refractivity contribution in [2.45, 2.75) is 277 Å². The highest BCUT2D eigenvalue weighted by atomic mass is 16.6. The summed E-state index contributed by atoms with van der Waals surface area (Å²) in [5.74, 6) is -0.988. The molecule has 0 aromatic rings. The van der Waals surface area contributed by atoms with E-state index >= 15 is 0 Å². The lowest BCUT2D eigenvalue weighted by Gasteiger charge is -2.18. The second-order valence-corrected chi connectivity index (χ2v) is 18.1. The van der Waals surface area contributed by atoms with Gasteiger partial charge in [0, 0.05) is 19.3 Å². The summed E-state index contributed by atoms with van der Waals surface area (Å²) in [6.45, 7) is 6.45. The molecule has 0 heterocycles. The Kier molecular flexibility index (Phi) is 50.4. The minimum Gasteiger partial charge on any atom is -0.462 e. The number of rotatable bonds is 49. The third kappa shape index (κ3) is 50.1. The Morgan fingerprint density at radius 2 is 0.641 bits per heavy atom. The van der Waals surface area contributed by atoms with Gasteiger partial charge >= 0.3 is 17.9 Å². The number of allylic oxidation sites excluding steroid dienone is 10. The lowest BCUT2D eigenvalue weighted by molar-refractivity contribution is -0.166. The van der Waals surface area contributed by atoms with Crippen LogP contribution < -0.4 is 0 Å². The molecule has 1 atom stereocenters. The summed E-state index contributed by atoms with van der Waals surface area (Å²) in [5, 5.41) is 0. The molecular weight excluding hydrogens is 793 g/mol. The Morgan fingerprint density at radius 1 is 0.328 bits per heavy atom. The molecule has 6 nitrogen and oxygen atoms in total. The molecule has 0 aromatic carbocycles. The van der Waals surface area contributed by atoms with Gasteiger partial charge in [-0.3, -0.25) is 14.4 Å². The zero-order valence-corrected chi connectivity index (χ0v) is 42.3. The second kappa shape index (κ2) is 52.7. The average Bonchev–Trinajstić information content (AvgIpc) is 3.29. The van der Waals surface area contributed by atoms with Crippen molar-refractivity contribution in [3.63, 3.8) is 0 Å². The molecule has 0 fully saturated rings. The Morgan fingerprint density at radius 3 is 1.05 bits per heavy atom. The van der Waals surface area contributed by atoms with Gasteiger partial charge in [0.15, 0.2) is 6.10 Å². The fourth-order valence-electron chi connectivity index (χ4n) is 7.69. The van der Waals surface area contributed by atoms with Gasteiger partial charge in [-0.15, -0.1) is 0 Å². The molecule has 0 radical (unpaired) electrons. The predicted molar refractivity (Wildman–Crippen MR) is 275 cm³/mol. The zero-order valence-electron chi connectivity index (χ0n) is 42.3. The summed E-state index contributed by atoms with van der Waals surface area (Å²) in [6, 6.07) is 0. The van der Waals surface area contributed by atoms with E-state index in [1.165, 1.54) is 148 Å². The first-order valence-electron chi connectivity index (χ1n) is 27.3. The lowest BCUT2D eigenvalue weighted by atomic mass is 10.0. The summed E-state index contributed by atoms with van der Waals surface area (Å²) >= 11 is 0. The predicted octanol–water partition coefficient (Wildman–Crippen LogP) is 18.0. The summed E-state index contributed by atoms with van der Waals surface area (Å²) in [7, 11) is 0. The first-order valence-corrected chi connectivity index (χ1v) is 27.3. The number of esters is 3. The van der Waals surface area contributed by atoms with E-state index in [2.05, 4.69) is 69.4 Å². The van der Waals surface area contributed by atoms with E-state index in [4.69, 9.17) is 14.2 Å². The zero-order chi connectivity index (χ0) is 46.5. The number of unbranched alkanes of at least 4 members (excludes halogenated alkanes) is 28. The molecule has 0 bridgehead atoms. The van der Waals surface area contributed by atoms with Crippen LogP contribution in [0.4, 0.5) is 0 Å². The first kappa shape index (κ1) is 61.1. The molecule has 0 rings (SSSR count). The largest absolute Gasteiger partial charge is 0.462 e. The molecule has 0 saturated heterocycles. The van der Waals surface area contributed by atoms with Crippen molar-refractivity contribution in [2.24, 2.45) is 0 Å². The number of carbonyl (C=O) groups is 3. The topological polar surface area (TPSA) is 78.9 Å². The van der Waals surface area contributed by atoms with E-state index < -0.39 is 6.10 Å². The average molecular weight is 895 g/mol. The molecule has 0 aliphatic rings. The van der Waals surface area contributed by atoms with Crippen LogP contribution in [0.25, 0.3) is 0 Å². The maximum absolute atomic E-state index is 12.7. The Bertz CT molecular complexity index is 1170. The van der Waals surface area contributed by atoms with Crippen molar-refractivity contribution in [1.82, 2.24) is 0 Å². The van der Waals surface area contributed by atoms with E-state index in [0.717, 1.165) is 77.0 Å².